The van der Waals surface area contributed by atoms with Crippen LogP contribution in [0.5, 0.6) is 5.75 Å². The highest BCUT2D eigenvalue weighted by Gasteiger charge is 2.24. The number of aryl methyl sites for hydroxylation is 1. The van der Waals surface area contributed by atoms with Gasteiger partial charge in [-0.3, -0.25) is 0 Å². The molecule has 1 aliphatic heterocycles. The number of hydrogen-bond donors (Lipinski definition) is 1. The molecule has 1 aliphatic rings. The van der Waals surface area contributed by atoms with E-state index in [0.717, 1.165) is 29.8 Å². The zero-order valence-electron chi connectivity index (χ0n) is 13.1. The first kappa shape index (κ1) is 16.1. The van der Waals surface area contributed by atoms with Gasteiger partial charge in [-0.1, -0.05) is 12.1 Å². The van der Waals surface area contributed by atoms with Gasteiger partial charge < -0.3 is 10.1 Å². The molecule has 2 rings (SSSR count). The Hall–Kier alpha value is -1.23. The van der Waals surface area contributed by atoms with Crippen molar-refractivity contribution >= 4 is 15.5 Å². The molecule has 1 aromatic rings. The number of hydrogen-bond acceptors (Lipinski definition) is 4. The maximum atomic E-state index is 11.7. The number of sulfone groups is 1. The largest absolute Gasteiger partial charge is 0.489 e. The van der Waals surface area contributed by atoms with E-state index in [-0.39, 0.29) is 12.0 Å². The second-order valence-corrected chi connectivity index (χ2v) is 8.35. The molecule has 1 saturated heterocycles. The monoisotopic (exact) mass is 311 g/mol. The molecular weight excluding hydrogens is 286 g/mol. The molecule has 0 aliphatic carbocycles. The minimum atomic E-state index is -2.85. The zero-order valence-corrected chi connectivity index (χ0v) is 13.9. The second kappa shape index (κ2) is 6.69. The molecule has 1 unspecified atom stereocenters. The lowest BCUT2D eigenvalue weighted by Crippen LogP contribution is -2.30. The van der Waals surface area contributed by atoms with Crippen molar-refractivity contribution in [1.29, 1.82) is 0 Å². The SMILES string of the molecule is Cc1cccc(OC(C)C)c1NCC1CCCS(=O)(=O)C1. The van der Waals surface area contributed by atoms with Crippen LogP contribution in [0.2, 0.25) is 0 Å². The van der Waals surface area contributed by atoms with Crippen LogP contribution in [0.15, 0.2) is 18.2 Å². The number of rotatable bonds is 5. The number of para-hydroxylation sites is 1. The Kier molecular flexibility index (Phi) is 5.14. The summed E-state index contributed by atoms with van der Waals surface area (Å²) in [7, 11) is -2.85. The van der Waals surface area contributed by atoms with E-state index in [2.05, 4.69) is 5.32 Å². The van der Waals surface area contributed by atoms with Crippen molar-refractivity contribution in [1.82, 2.24) is 0 Å². The third kappa shape index (κ3) is 4.63. The quantitative estimate of drug-likeness (QED) is 0.908. The lowest BCUT2D eigenvalue weighted by atomic mass is 10.1. The van der Waals surface area contributed by atoms with Gasteiger partial charge in [0, 0.05) is 6.54 Å². The van der Waals surface area contributed by atoms with Gasteiger partial charge in [-0.25, -0.2) is 8.42 Å². The van der Waals surface area contributed by atoms with Crippen LogP contribution in [0, 0.1) is 12.8 Å². The third-order valence-corrected chi connectivity index (χ3v) is 5.61. The van der Waals surface area contributed by atoms with Gasteiger partial charge in [0.05, 0.1) is 23.3 Å². The normalized spacial score (nSPS) is 21.2. The van der Waals surface area contributed by atoms with Crippen molar-refractivity contribution in [2.75, 3.05) is 23.4 Å². The fourth-order valence-corrected chi connectivity index (χ4v) is 4.52. The summed E-state index contributed by atoms with van der Waals surface area (Å²) in [6.07, 6.45) is 1.86. The highest BCUT2D eigenvalue weighted by Crippen LogP contribution is 2.30. The van der Waals surface area contributed by atoms with Gasteiger partial charge in [-0.2, -0.15) is 0 Å². The molecule has 0 radical (unpaired) electrons. The van der Waals surface area contributed by atoms with Gasteiger partial charge in [-0.05, 0) is 51.2 Å². The Balaban J connectivity index is 2.05. The molecule has 1 fully saturated rings. The van der Waals surface area contributed by atoms with Crippen LogP contribution in [-0.4, -0.2) is 32.6 Å². The summed E-state index contributed by atoms with van der Waals surface area (Å²) in [5.41, 5.74) is 2.10. The van der Waals surface area contributed by atoms with Crippen LogP contribution < -0.4 is 10.1 Å². The summed E-state index contributed by atoms with van der Waals surface area (Å²) in [6, 6.07) is 5.96. The highest BCUT2D eigenvalue weighted by atomic mass is 32.2. The zero-order chi connectivity index (χ0) is 15.5. The van der Waals surface area contributed by atoms with Crippen LogP contribution in [0.3, 0.4) is 0 Å². The first-order valence-corrected chi connectivity index (χ1v) is 9.40. The molecule has 4 nitrogen and oxygen atoms in total. The molecule has 5 heteroatoms. The van der Waals surface area contributed by atoms with Gasteiger partial charge in [0.15, 0.2) is 9.84 Å². The summed E-state index contributed by atoms with van der Waals surface area (Å²) < 4.78 is 29.2. The van der Waals surface area contributed by atoms with Crippen LogP contribution in [0.1, 0.15) is 32.3 Å². The summed E-state index contributed by atoms with van der Waals surface area (Å²) in [6.45, 7) is 6.71. The minimum absolute atomic E-state index is 0.113. The summed E-state index contributed by atoms with van der Waals surface area (Å²) in [5, 5.41) is 3.40. The lowest BCUT2D eigenvalue weighted by Gasteiger charge is -2.24. The number of anilines is 1. The van der Waals surface area contributed by atoms with E-state index in [1.54, 1.807) is 0 Å². The van der Waals surface area contributed by atoms with E-state index in [0.29, 0.717) is 18.1 Å². The maximum Gasteiger partial charge on any atom is 0.150 e. The molecule has 1 aromatic carbocycles. The van der Waals surface area contributed by atoms with Gasteiger partial charge in [0.25, 0.3) is 0 Å². The van der Waals surface area contributed by atoms with E-state index >= 15 is 0 Å². The van der Waals surface area contributed by atoms with Crippen molar-refractivity contribution in [3.63, 3.8) is 0 Å². The van der Waals surface area contributed by atoms with Gasteiger partial charge in [0.2, 0.25) is 0 Å². The van der Waals surface area contributed by atoms with Crippen molar-refractivity contribution in [2.45, 2.75) is 39.7 Å². The van der Waals surface area contributed by atoms with E-state index < -0.39 is 9.84 Å². The molecule has 21 heavy (non-hydrogen) atoms. The van der Waals surface area contributed by atoms with Gasteiger partial charge in [-0.15, -0.1) is 0 Å². The van der Waals surface area contributed by atoms with Crippen molar-refractivity contribution < 1.29 is 13.2 Å². The van der Waals surface area contributed by atoms with E-state index in [4.69, 9.17) is 4.74 Å². The molecular formula is C16H25NO3S. The van der Waals surface area contributed by atoms with Crippen LogP contribution in [0.4, 0.5) is 5.69 Å². The Morgan fingerprint density at radius 2 is 2.14 bits per heavy atom. The third-order valence-electron chi connectivity index (χ3n) is 3.72. The van der Waals surface area contributed by atoms with Crippen LogP contribution in [0.25, 0.3) is 0 Å². The van der Waals surface area contributed by atoms with Gasteiger partial charge in [0.1, 0.15) is 5.75 Å². The smallest absolute Gasteiger partial charge is 0.150 e. The summed E-state index contributed by atoms with van der Waals surface area (Å²) >= 11 is 0. The van der Waals surface area contributed by atoms with Crippen LogP contribution >= 0.6 is 0 Å². The fourth-order valence-electron chi connectivity index (χ4n) is 2.74. The number of ether oxygens (including phenoxy) is 1. The average Bonchev–Trinajstić information content (AvgIpc) is 2.36. The molecule has 0 saturated carbocycles. The van der Waals surface area contributed by atoms with Crippen molar-refractivity contribution in [3.05, 3.63) is 23.8 Å². The predicted molar refractivity (Wildman–Crippen MR) is 86.8 cm³/mol. The Morgan fingerprint density at radius 1 is 1.38 bits per heavy atom. The highest BCUT2D eigenvalue weighted by molar-refractivity contribution is 7.91. The maximum absolute atomic E-state index is 11.7. The first-order valence-electron chi connectivity index (χ1n) is 7.58. The van der Waals surface area contributed by atoms with E-state index in [9.17, 15) is 8.42 Å². The molecule has 0 amide bonds. The topological polar surface area (TPSA) is 55.4 Å². The average molecular weight is 311 g/mol. The van der Waals surface area contributed by atoms with Crippen molar-refractivity contribution in [2.24, 2.45) is 5.92 Å². The molecule has 0 aromatic heterocycles. The fraction of sp³-hybridized carbons (Fsp3) is 0.625. The summed E-state index contributed by atoms with van der Waals surface area (Å²) in [5.74, 6) is 1.67. The van der Waals surface area contributed by atoms with E-state index in [1.165, 1.54) is 0 Å². The Labute approximate surface area is 127 Å². The standard InChI is InChI=1S/C16H25NO3S/c1-12(2)20-15-8-4-6-13(3)16(15)17-10-14-7-5-9-21(18,19)11-14/h4,6,8,12,14,17H,5,7,9-11H2,1-3H3. The first-order chi connectivity index (χ1) is 9.87. The molecule has 1 atom stereocenters. The minimum Gasteiger partial charge on any atom is -0.489 e. The lowest BCUT2D eigenvalue weighted by molar-refractivity contribution is 0.243. The predicted octanol–water partition coefficient (Wildman–Crippen LogP) is 3.02. The van der Waals surface area contributed by atoms with Crippen molar-refractivity contribution in [3.8, 4) is 5.75 Å². The molecule has 0 spiro atoms. The molecule has 118 valence electrons. The Morgan fingerprint density at radius 3 is 2.81 bits per heavy atom. The number of nitrogens with one attached hydrogen (secondary N) is 1. The molecule has 1 heterocycles. The van der Waals surface area contributed by atoms with Crippen LogP contribution in [-0.2, 0) is 9.84 Å². The van der Waals surface area contributed by atoms with Gasteiger partial charge >= 0.3 is 0 Å². The molecule has 1 N–H and O–H groups in total. The summed E-state index contributed by atoms with van der Waals surface area (Å²) in [4.78, 5) is 0. The Bertz CT molecular complexity index is 581. The number of benzene rings is 1. The second-order valence-electron chi connectivity index (χ2n) is 6.12. The van der Waals surface area contributed by atoms with E-state index in [1.807, 2.05) is 39.0 Å². The molecule has 0 bridgehead atoms.